The third-order valence-electron chi connectivity index (χ3n) is 7.14. The topological polar surface area (TPSA) is 133 Å². The van der Waals surface area contributed by atoms with Crippen LogP contribution in [0, 0.1) is 11.8 Å². The summed E-state index contributed by atoms with van der Waals surface area (Å²) in [6.07, 6.45) is 10.00. The molecular weight excluding hydrogens is 503 g/mol. The highest BCUT2D eigenvalue weighted by atomic mass is 31.2. The van der Waals surface area contributed by atoms with Crippen molar-refractivity contribution < 1.29 is 23.8 Å². The fraction of sp³-hybridized carbons (Fsp3) is 0.607. The molecule has 0 spiro atoms. The molecule has 3 atom stereocenters. The SMILES string of the molecule is CC(C)CCCP(=O)(O)C(CC1CCCCC1)NC(=O)[C@H](Cc1cnc[nH]1)NC(=O)OCc1ccccc1. The van der Waals surface area contributed by atoms with Crippen LogP contribution < -0.4 is 10.6 Å². The van der Waals surface area contributed by atoms with Gasteiger partial charge in [-0.15, -0.1) is 0 Å². The van der Waals surface area contributed by atoms with E-state index in [9.17, 15) is 19.0 Å². The molecule has 1 aliphatic carbocycles. The van der Waals surface area contributed by atoms with Crippen molar-refractivity contribution in [2.75, 3.05) is 6.16 Å². The third kappa shape index (κ3) is 10.3. The molecule has 1 fully saturated rings. The van der Waals surface area contributed by atoms with Crippen molar-refractivity contribution in [2.24, 2.45) is 11.8 Å². The highest BCUT2D eigenvalue weighted by molar-refractivity contribution is 7.58. The molecule has 1 aliphatic rings. The largest absolute Gasteiger partial charge is 0.445 e. The molecular formula is C28H43N4O5P. The van der Waals surface area contributed by atoms with Crippen molar-refractivity contribution in [3.8, 4) is 0 Å². The van der Waals surface area contributed by atoms with Gasteiger partial charge in [-0.3, -0.25) is 9.36 Å². The Morgan fingerprint density at radius 3 is 2.55 bits per heavy atom. The van der Waals surface area contributed by atoms with Crippen LogP contribution in [-0.2, 0) is 27.1 Å². The van der Waals surface area contributed by atoms with Crippen molar-refractivity contribution in [3.63, 3.8) is 0 Å². The van der Waals surface area contributed by atoms with Gasteiger partial charge < -0.3 is 25.2 Å². The van der Waals surface area contributed by atoms with E-state index in [1.807, 2.05) is 30.3 Å². The highest BCUT2D eigenvalue weighted by Gasteiger charge is 2.36. The Morgan fingerprint density at radius 1 is 1.16 bits per heavy atom. The number of aromatic nitrogens is 2. The van der Waals surface area contributed by atoms with Crippen LogP contribution in [0.2, 0.25) is 0 Å². The number of nitrogens with one attached hydrogen (secondary N) is 3. The first-order valence-electron chi connectivity index (χ1n) is 13.8. The summed E-state index contributed by atoms with van der Waals surface area (Å²) in [4.78, 5) is 44.2. The van der Waals surface area contributed by atoms with Crippen LogP contribution in [-0.4, -0.2) is 44.8 Å². The van der Waals surface area contributed by atoms with E-state index < -0.39 is 31.2 Å². The number of carbonyl (C=O) groups excluding carboxylic acids is 2. The zero-order valence-corrected chi connectivity index (χ0v) is 23.5. The highest BCUT2D eigenvalue weighted by Crippen LogP contribution is 2.49. The molecule has 0 saturated heterocycles. The number of benzene rings is 1. The number of ether oxygens (including phenoxy) is 1. The molecule has 2 amide bonds. The second-order valence-corrected chi connectivity index (χ2v) is 13.4. The number of hydrogen-bond donors (Lipinski definition) is 4. The summed E-state index contributed by atoms with van der Waals surface area (Å²) < 4.78 is 18.9. The molecule has 0 bridgehead atoms. The predicted molar refractivity (Wildman–Crippen MR) is 148 cm³/mol. The van der Waals surface area contributed by atoms with Crippen LogP contribution >= 0.6 is 7.37 Å². The summed E-state index contributed by atoms with van der Waals surface area (Å²) in [5.41, 5.74) is 1.48. The molecule has 3 rings (SSSR count). The molecule has 0 aliphatic heterocycles. The lowest BCUT2D eigenvalue weighted by Crippen LogP contribution is -2.51. The first-order valence-corrected chi connectivity index (χ1v) is 15.7. The van der Waals surface area contributed by atoms with Crippen LogP contribution in [0.3, 0.4) is 0 Å². The second kappa shape index (κ2) is 15.1. The first kappa shape index (κ1) is 29.9. The van der Waals surface area contributed by atoms with Crippen molar-refractivity contribution in [1.82, 2.24) is 20.6 Å². The van der Waals surface area contributed by atoms with E-state index in [-0.39, 0.29) is 19.2 Å². The molecule has 38 heavy (non-hydrogen) atoms. The predicted octanol–water partition coefficient (Wildman–Crippen LogP) is 5.37. The van der Waals surface area contributed by atoms with Gasteiger partial charge in [-0.05, 0) is 30.2 Å². The second-order valence-electron chi connectivity index (χ2n) is 10.8. The smallest absolute Gasteiger partial charge is 0.408 e. The minimum Gasteiger partial charge on any atom is -0.445 e. The normalized spacial score (nSPS) is 17.4. The molecule has 1 aromatic carbocycles. The van der Waals surface area contributed by atoms with E-state index in [0.29, 0.717) is 30.4 Å². The van der Waals surface area contributed by atoms with Crippen LogP contribution in [0.1, 0.15) is 76.5 Å². The van der Waals surface area contributed by atoms with Crippen LogP contribution in [0.25, 0.3) is 0 Å². The zero-order valence-electron chi connectivity index (χ0n) is 22.6. The van der Waals surface area contributed by atoms with Gasteiger partial charge in [0.05, 0.1) is 6.33 Å². The number of hydrogen-bond acceptors (Lipinski definition) is 5. The molecule has 10 heteroatoms. The zero-order chi connectivity index (χ0) is 27.4. The van der Waals surface area contributed by atoms with Crippen molar-refractivity contribution in [2.45, 2.75) is 90.1 Å². The lowest BCUT2D eigenvalue weighted by atomic mass is 9.87. The first-order chi connectivity index (χ1) is 18.2. The molecule has 1 saturated carbocycles. The monoisotopic (exact) mass is 546 g/mol. The minimum atomic E-state index is -3.67. The number of nitrogens with zero attached hydrogens (tertiary/aromatic N) is 1. The summed E-state index contributed by atoms with van der Waals surface area (Å²) in [5.74, 6) is -0.618. The molecule has 2 aromatic rings. The molecule has 1 heterocycles. The van der Waals surface area contributed by atoms with E-state index in [1.165, 1.54) is 12.7 Å². The van der Waals surface area contributed by atoms with Crippen molar-refractivity contribution >= 4 is 19.4 Å². The van der Waals surface area contributed by atoms with Crippen molar-refractivity contribution in [1.29, 1.82) is 0 Å². The van der Waals surface area contributed by atoms with E-state index >= 15 is 0 Å². The van der Waals surface area contributed by atoms with E-state index in [1.54, 1.807) is 6.20 Å². The Hall–Kier alpha value is -2.64. The fourth-order valence-electron chi connectivity index (χ4n) is 4.94. The summed E-state index contributed by atoms with van der Waals surface area (Å²) in [6, 6.07) is 8.27. The van der Waals surface area contributed by atoms with Gasteiger partial charge in [-0.1, -0.05) is 82.7 Å². The molecule has 210 valence electrons. The number of H-pyrrole nitrogens is 1. The number of amides is 2. The van der Waals surface area contributed by atoms with E-state index in [0.717, 1.165) is 37.7 Å². The standard InChI is InChI=1S/C28H43N4O5P/c1-21(2)10-9-15-38(35,36)26(16-22-11-5-3-6-12-22)32-27(33)25(17-24-18-29-20-30-24)31-28(34)37-19-23-13-7-4-8-14-23/h4,7-8,13-14,18,20-22,25-26H,3,5-6,9-12,15-17,19H2,1-2H3,(H,29,30)(H,31,34)(H,32,33)(H,35,36)/t25-,26?/m0/s1. The Bertz CT molecular complexity index is 1030. The summed E-state index contributed by atoms with van der Waals surface area (Å²) >= 11 is 0. The maximum atomic E-state index is 13.5. The molecule has 2 unspecified atom stereocenters. The van der Waals surface area contributed by atoms with Gasteiger partial charge in [0, 0.05) is 24.5 Å². The quantitative estimate of drug-likeness (QED) is 0.236. The Balaban J connectivity index is 1.70. The number of alkyl carbamates (subject to hydrolysis) is 1. The Morgan fingerprint density at radius 2 is 1.89 bits per heavy atom. The number of imidazole rings is 1. The van der Waals surface area contributed by atoms with Crippen LogP contribution in [0.15, 0.2) is 42.9 Å². The van der Waals surface area contributed by atoms with Gasteiger partial charge in [0.2, 0.25) is 13.3 Å². The van der Waals surface area contributed by atoms with E-state index in [2.05, 4.69) is 34.4 Å². The van der Waals surface area contributed by atoms with Gasteiger partial charge in [0.15, 0.2) is 0 Å². The number of carbonyl (C=O) groups is 2. The number of rotatable bonds is 14. The van der Waals surface area contributed by atoms with Gasteiger partial charge in [-0.25, -0.2) is 9.78 Å². The summed E-state index contributed by atoms with van der Waals surface area (Å²) in [7, 11) is -3.67. The fourth-order valence-corrected chi connectivity index (χ4v) is 6.85. The molecule has 1 aromatic heterocycles. The lowest BCUT2D eigenvalue weighted by molar-refractivity contribution is -0.123. The maximum Gasteiger partial charge on any atom is 0.408 e. The minimum absolute atomic E-state index is 0.0665. The summed E-state index contributed by atoms with van der Waals surface area (Å²) in [6.45, 7) is 4.25. The third-order valence-corrected chi connectivity index (χ3v) is 9.41. The van der Waals surface area contributed by atoms with Gasteiger partial charge >= 0.3 is 6.09 Å². The van der Waals surface area contributed by atoms with E-state index in [4.69, 9.17) is 4.74 Å². The van der Waals surface area contributed by atoms with Gasteiger partial charge in [0.1, 0.15) is 18.4 Å². The van der Waals surface area contributed by atoms with Gasteiger partial charge in [-0.2, -0.15) is 0 Å². The Kier molecular flexibility index (Phi) is 11.9. The maximum absolute atomic E-state index is 13.5. The lowest BCUT2D eigenvalue weighted by Gasteiger charge is -2.31. The molecule has 9 nitrogen and oxygen atoms in total. The summed E-state index contributed by atoms with van der Waals surface area (Å²) in [5, 5.41) is 5.53. The van der Waals surface area contributed by atoms with Crippen molar-refractivity contribution in [3.05, 3.63) is 54.1 Å². The average molecular weight is 547 g/mol. The number of aromatic amines is 1. The molecule has 0 radical (unpaired) electrons. The average Bonchev–Trinajstić information content (AvgIpc) is 3.41. The van der Waals surface area contributed by atoms with Gasteiger partial charge in [0.25, 0.3) is 0 Å². The Labute approximate surface area is 226 Å². The molecule has 4 N–H and O–H groups in total. The van der Waals surface area contributed by atoms with Crippen LogP contribution in [0.5, 0.6) is 0 Å². The van der Waals surface area contributed by atoms with Crippen LogP contribution in [0.4, 0.5) is 4.79 Å².